The van der Waals surface area contributed by atoms with Crippen LogP contribution >= 0.6 is 0 Å². The average Bonchev–Trinajstić information content (AvgIpc) is 3.21. The highest BCUT2D eigenvalue weighted by Gasteiger charge is 2.31. The Morgan fingerprint density at radius 3 is 2.94 bits per heavy atom. The van der Waals surface area contributed by atoms with Crippen molar-refractivity contribution < 1.29 is 14.3 Å². The van der Waals surface area contributed by atoms with Crippen LogP contribution in [0.25, 0.3) is 0 Å². The van der Waals surface area contributed by atoms with Crippen molar-refractivity contribution in [2.24, 2.45) is 5.41 Å². The lowest BCUT2D eigenvalue weighted by Crippen LogP contribution is -2.40. The van der Waals surface area contributed by atoms with Crippen LogP contribution in [0, 0.1) is 5.41 Å². The van der Waals surface area contributed by atoms with Gasteiger partial charge in [0.1, 0.15) is 6.10 Å². The summed E-state index contributed by atoms with van der Waals surface area (Å²) >= 11 is 0. The number of methoxy groups -OCH3 is 1. The van der Waals surface area contributed by atoms with Gasteiger partial charge >= 0.3 is 0 Å². The van der Waals surface area contributed by atoms with Crippen molar-refractivity contribution in [3.05, 3.63) is 17.5 Å². The van der Waals surface area contributed by atoms with Crippen molar-refractivity contribution in [1.29, 1.82) is 0 Å². The van der Waals surface area contributed by atoms with Crippen LogP contribution in [0.5, 0.6) is 0 Å². The zero-order chi connectivity index (χ0) is 23.4. The van der Waals surface area contributed by atoms with E-state index in [1.54, 1.807) is 7.11 Å². The standard InChI is InChI=1S/C24H45N5O3/c1-24(2)10-7-6-9-19(15-21(32-18-24)23(30)26-11-8-14-31-5)22-20(16-27-28-22)17-29(4)13-12-25-3/h16,19,21,25H,6-15,17-18H2,1-5H3,(H,26,30)(H,27,28)/t19-,21?/m1/s1. The van der Waals surface area contributed by atoms with Crippen LogP contribution in [0.15, 0.2) is 6.20 Å². The maximum Gasteiger partial charge on any atom is 0.249 e. The quantitative estimate of drug-likeness (QED) is 0.448. The Balaban J connectivity index is 2.13. The van der Waals surface area contributed by atoms with Gasteiger partial charge in [-0.05, 0) is 45.2 Å². The average molecular weight is 452 g/mol. The Morgan fingerprint density at radius 2 is 2.19 bits per heavy atom. The van der Waals surface area contributed by atoms with Crippen LogP contribution in [0.3, 0.4) is 0 Å². The summed E-state index contributed by atoms with van der Waals surface area (Å²) in [7, 11) is 5.78. The number of aromatic nitrogens is 2. The highest BCUT2D eigenvalue weighted by molar-refractivity contribution is 5.80. The smallest absolute Gasteiger partial charge is 0.249 e. The summed E-state index contributed by atoms with van der Waals surface area (Å²) in [6, 6.07) is 0. The van der Waals surface area contributed by atoms with E-state index in [2.05, 4.69) is 46.6 Å². The summed E-state index contributed by atoms with van der Waals surface area (Å²) in [6.07, 6.45) is 7.42. The number of aromatic amines is 1. The molecule has 1 aromatic rings. The van der Waals surface area contributed by atoms with Gasteiger partial charge in [-0.25, -0.2) is 0 Å². The molecule has 1 aliphatic rings. The van der Waals surface area contributed by atoms with Gasteiger partial charge in [0.05, 0.1) is 12.3 Å². The van der Waals surface area contributed by atoms with E-state index in [0.29, 0.717) is 26.2 Å². The van der Waals surface area contributed by atoms with Crippen molar-refractivity contribution >= 4 is 5.91 Å². The van der Waals surface area contributed by atoms with Gasteiger partial charge in [-0.2, -0.15) is 5.10 Å². The molecular formula is C24H45N5O3. The van der Waals surface area contributed by atoms with E-state index in [4.69, 9.17) is 9.47 Å². The monoisotopic (exact) mass is 451 g/mol. The molecule has 2 heterocycles. The summed E-state index contributed by atoms with van der Waals surface area (Å²) in [6.45, 7) is 9.04. The molecule has 0 radical (unpaired) electrons. The molecule has 184 valence electrons. The third kappa shape index (κ3) is 9.17. The topological polar surface area (TPSA) is 91.5 Å². The van der Waals surface area contributed by atoms with Crippen molar-refractivity contribution in [1.82, 2.24) is 25.7 Å². The second kappa shape index (κ2) is 13.9. The molecule has 0 saturated carbocycles. The highest BCUT2D eigenvalue weighted by Crippen LogP contribution is 2.34. The predicted molar refractivity (Wildman–Crippen MR) is 128 cm³/mol. The van der Waals surface area contributed by atoms with Gasteiger partial charge in [0.25, 0.3) is 0 Å². The SMILES string of the molecule is CNCCN(C)Cc1c[nH]nc1[C@@H]1CCCCC(C)(C)COC(C(=O)NCCCOC)C1. The molecule has 1 aliphatic heterocycles. The molecule has 3 N–H and O–H groups in total. The van der Waals surface area contributed by atoms with E-state index in [0.717, 1.165) is 51.0 Å². The number of ether oxygens (including phenoxy) is 2. The molecule has 1 unspecified atom stereocenters. The van der Waals surface area contributed by atoms with Gasteiger partial charge in [-0.15, -0.1) is 0 Å². The van der Waals surface area contributed by atoms with Gasteiger partial charge in [0.15, 0.2) is 0 Å². The molecule has 1 saturated heterocycles. The minimum Gasteiger partial charge on any atom is -0.385 e. The van der Waals surface area contributed by atoms with Gasteiger partial charge < -0.3 is 25.0 Å². The van der Waals surface area contributed by atoms with Gasteiger partial charge in [-0.1, -0.05) is 26.7 Å². The van der Waals surface area contributed by atoms with Crippen LogP contribution in [0.2, 0.25) is 0 Å². The summed E-state index contributed by atoms with van der Waals surface area (Å²) < 4.78 is 11.4. The Labute approximate surface area is 194 Å². The van der Waals surface area contributed by atoms with Gasteiger partial charge in [0.2, 0.25) is 5.91 Å². The van der Waals surface area contributed by atoms with Gasteiger partial charge in [-0.3, -0.25) is 9.89 Å². The fourth-order valence-corrected chi connectivity index (χ4v) is 4.29. The lowest BCUT2D eigenvalue weighted by molar-refractivity contribution is -0.136. The first-order chi connectivity index (χ1) is 15.4. The maximum absolute atomic E-state index is 13.0. The van der Waals surface area contributed by atoms with E-state index in [1.165, 1.54) is 12.0 Å². The Kier molecular flexibility index (Phi) is 11.7. The second-order valence-corrected chi connectivity index (χ2v) is 9.92. The summed E-state index contributed by atoms with van der Waals surface area (Å²) in [5.74, 6) is 0.176. The molecule has 0 spiro atoms. The van der Waals surface area contributed by atoms with Crippen molar-refractivity contribution in [2.75, 3.05) is 54.1 Å². The van der Waals surface area contributed by atoms with Crippen LogP contribution in [0.4, 0.5) is 0 Å². The lowest BCUT2D eigenvalue weighted by atomic mass is 9.84. The summed E-state index contributed by atoms with van der Waals surface area (Å²) in [5, 5.41) is 14.0. The van der Waals surface area contributed by atoms with Crippen LogP contribution in [-0.4, -0.2) is 81.2 Å². The molecule has 1 fully saturated rings. The molecule has 8 nitrogen and oxygen atoms in total. The Morgan fingerprint density at radius 1 is 1.38 bits per heavy atom. The Bertz CT molecular complexity index is 664. The number of amides is 1. The minimum atomic E-state index is -0.466. The third-order valence-corrected chi connectivity index (χ3v) is 6.27. The van der Waals surface area contributed by atoms with E-state index in [9.17, 15) is 4.79 Å². The predicted octanol–water partition coefficient (Wildman–Crippen LogP) is 2.67. The molecule has 0 aromatic carbocycles. The fraction of sp³-hybridized carbons (Fsp3) is 0.833. The molecule has 2 atom stereocenters. The molecule has 0 aliphatic carbocycles. The molecule has 0 bridgehead atoms. The fourth-order valence-electron chi connectivity index (χ4n) is 4.29. The van der Waals surface area contributed by atoms with E-state index < -0.39 is 6.10 Å². The van der Waals surface area contributed by atoms with Crippen molar-refractivity contribution in [3.8, 4) is 0 Å². The number of carbonyl (C=O) groups excluding carboxylic acids is 1. The van der Waals surface area contributed by atoms with Crippen LogP contribution in [-0.2, 0) is 20.8 Å². The normalized spacial score (nSPS) is 22.1. The first kappa shape index (κ1) is 26.8. The molecule has 32 heavy (non-hydrogen) atoms. The number of H-pyrrole nitrogens is 1. The zero-order valence-corrected chi connectivity index (χ0v) is 20.8. The van der Waals surface area contributed by atoms with Gasteiger partial charge in [0, 0.05) is 57.6 Å². The van der Waals surface area contributed by atoms with E-state index >= 15 is 0 Å². The maximum atomic E-state index is 13.0. The van der Waals surface area contributed by atoms with Crippen molar-refractivity contribution in [3.63, 3.8) is 0 Å². The number of nitrogens with zero attached hydrogens (tertiary/aromatic N) is 2. The minimum absolute atomic E-state index is 0.0225. The number of nitrogens with one attached hydrogen (secondary N) is 3. The summed E-state index contributed by atoms with van der Waals surface area (Å²) in [5.41, 5.74) is 2.38. The number of hydrogen-bond acceptors (Lipinski definition) is 6. The number of likely N-dealkylation sites (N-methyl/N-ethyl adjacent to an activating group) is 2. The first-order valence-corrected chi connectivity index (χ1v) is 12.1. The zero-order valence-electron chi connectivity index (χ0n) is 20.8. The number of rotatable bonds is 11. The van der Waals surface area contributed by atoms with Crippen LogP contribution < -0.4 is 10.6 Å². The Hall–Kier alpha value is -1.48. The van der Waals surface area contributed by atoms with E-state index in [-0.39, 0.29) is 17.2 Å². The first-order valence-electron chi connectivity index (χ1n) is 12.1. The number of hydrogen-bond donors (Lipinski definition) is 3. The highest BCUT2D eigenvalue weighted by atomic mass is 16.5. The molecule has 2 rings (SSSR count). The van der Waals surface area contributed by atoms with Crippen LogP contribution in [0.1, 0.15) is 69.5 Å². The number of carbonyl (C=O) groups is 1. The molecule has 1 amide bonds. The molecule has 8 heteroatoms. The lowest BCUT2D eigenvalue weighted by Gasteiger charge is -2.31. The summed E-state index contributed by atoms with van der Waals surface area (Å²) in [4.78, 5) is 15.3. The largest absolute Gasteiger partial charge is 0.385 e. The van der Waals surface area contributed by atoms with E-state index in [1.807, 2.05) is 13.2 Å². The molecular weight excluding hydrogens is 406 g/mol. The second-order valence-electron chi connectivity index (χ2n) is 9.92. The van der Waals surface area contributed by atoms with Crippen molar-refractivity contribution in [2.45, 2.75) is 70.9 Å². The molecule has 1 aromatic heterocycles. The third-order valence-electron chi connectivity index (χ3n) is 6.27.